The summed E-state index contributed by atoms with van der Waals surface area (Å²) < 4.78 is 22.1. The van der Waals surface area contributed by atoms with Crippen molar-refractivity contribution in [1.29, 1.82) is 0 Å². The molecule has 2 aliphatic rings. The maximum absolute atomic E-state index is 6.93. The monoisotopic (exact) mass is 677 g/mol. The Labute approximate surface area is 305 Å². The molecule has 4 heterocycles. The molecule has 0 atom stereocenters. The third kappa shape index (κ3) is 4.19. The van der Waals surface area contributed by atoms with Gasteiger partial charge in [0.15, 0.2) is 0 Å². The summed E-state index contributed by atoms with van der Waals surface area (Å²) in [7, 11) is 0. The molecular weight excluding hydrogens is 649 g/mol. The van der Waals surface area contributed by atoms with Crippen LogP contribution in [0.1, 0.15) is 0 Å². The van der Waals surface area contributed by atoms with Crippen LogP contribution in [0.5, 0.6) is 17.2 Å². The van der Waals surface area contributed by atoms with E-state index < -0.39 is 0 Å². The number of nitrogens with zero attached hydrogens (tertiary/aromatic N) is 1. The minimum atomic E-state index is -0.296. The van der Waals surface area contributed by atoms with Gasteiger partial charge in [-0.05, 0) is 94.5 Å². The largest absolute Gasteiger partial charge is 0.551 e. The van der Waals surface area contributed by atoms with E-state index in [1.54, 1.807) is 0 Å². The normalized spacial score (nSPS) is 12.8. The topological polar surface area (TPSA) is 36.5 Å². The van der Waals surface area contributed by atoms with Crippen LogP contribution in [0, 0.1) is 0 Å². The number of aromatic nitrogens is 1. The van der Waals surface area contributed by atoms with Crippen molar-refractivity contribution in [2.24, 2.45) is 0 Å². The zero-order valence-electron chi connectivity index (χ0n) is 28.4. The number of hydrogen-bond donors (Lipinski definition) is 0. The van der Waals surface area contributed by atoms with Gasteiger partial charge in [0, 0.05) is 43.7 Å². The summed E-state index contributed by atoms with van der Waals surface area (Å²) in [6.45, 7) is -0.296. The number of rotatable bonds is 3. The van der Waals surface area contributed by atoms with Crippen molar-refractivity contribution in [1.82, 2.24) is 4.57 Å². The molecular formula is C48H28BNO3. The molecule has 0 saturated carbocycles. The van der Waals surface area contributed by atoms with Crippen LogP contribution in [-0.2, 0) is 0 Å². The fraction of sp³-hybridized carbons (Fsp3) is 0. The third-order valence-electron chi connectivity index (χ3n) is 11.1. The summed E-state index contributed by atoms with van der Waals surface area (Å²) in [5.74, 6) is 2.52. The van der Waals surface area contributed by atoms with Gasteiger partial charge in [-0.3, -0.25) is 0 Å². The van der Waals surface area contributed by atoms with E-state index in [4.69, 9.17) is 13.8 Å². The number of furan rings is 1. The fourth-order valence-electron chi connectivity index (χ4n) is 8.64. The van der Waals surface area contributed by atoms with Gasteiger partial charge in [0.25, 0.3) is 0 Å². The predicted molar refractivity (Wildman–Crippen MR) is 217 cm³/mol. The van der Waals surface area contributed by atoms with E-state index in [2.05, 4.69) is 156 Å². The zero-order valence-corrected chi connectivity index (χ0v) is 28.4. The van der Waals surface area contributed by atoms with Crippen LogP contribution >= 0.6 is 0 Å². The molecule has 0 spiro atoms. The first-order valence-electron chi connectivity index (χ1n) is 18.0. The second-order valence-corrected chi connectivity index (χ2v) is 14.0. The highest BCUT2D eigenvalue weighted by Gasteiger charge is 2.40. The van der Waals surface area contributed by atoms with Gasteiger partial charge in [0.05, 0.1) is 11.0 Å². The molecule has 4 nitrogen and oxygen atoms in total. The molecule has 0 bridgehead atoms. The Bertz CT molecular complexity index is 3100. The minimum Gasteiger partial charge on any atom is -0.551 e. The average molecular weight is 678 g/mol. The van der Waals surface area contributed by atoms with Crippen molar-refractivity contribution in [3.05, 3.63) is 170 Å². The number of hydrogen-bond acceptors (Lipinski definition) is 3. The van der Waals surface area contributed by atoms with E-state index in [0.717, 1.165) is 89.2 Å². The van der Waals surface area contributed by atoms with Crippen molar-refractivity contribution >= 4 is 61.6 Å². The molecule has 8 aromatic carbocycles. The molecule has 0 unspecified atom stereocenters. The third-order valence-corrected chi connectivity index (χ3v) is 11.1. The summed E-state index contributed by atoms with van der Waals surface area (Å²) >= 11 is 0. The lowest BCUT2D eigenvalue weighted by atomic mass is 9.50. The van der Waals surface area contributed by atoms with E-state index in [9.17, 15) is 0 Å². The Morgan fingerprint density at radius 3 is 1.92 bits per heavy atom. The number of para-hydroxylation sites is 3. The average Bonchev–Trinajstić information content (AvgIpc) is 3.76. The molecule has 2 aromatic heterocycles. The van der Waals surface area contributed by atoms with Gasteiger partial charge in [0.2, 0.25) is 0 Å². The molecule has 0 saturated heterocycles. The first kappa shape index (κ1) is 28.7. The smallest absolute Gasteiger partial charge is 0.434 e. The first-order chi connectivity index (χ1) is 26.2. The molecule has 5 heteroatoms. The molecule has 246 valence electrons. The molecule has 0 radical (unpaired) electrons. The highest BCUT2D eigenvalue weighted by Crippen LogP contribution is 2.42. The molecule has 10 aromatic rings. The molecule has 12 rings (SSSR count). The van der Waals surface area contributed by atoms with E-state index >= 15 is 0 Å². The van der Waals surface area contributed by atoms with E-state index in [1.165, 1.54) is 21.8 Å². The Morgan fingerprint density at radius 2 is 1.08 bits per heavy atom. The Balaban J connectivity index is 0.940. The van der Waals surface area contributed by atoms with Crippen LogP contribution in [0.4, 0.5) is 0 Å². The van der Waals surface area contributed by atoms with Crippen molar-refractivity contribution in [2.45, 2.75) is 0 Å². The molecule has 53 heavy (non-hydrogen) atoms. The second kappa shape index (κ2) is 10.8. The van der Waals surface area contributed by atoms with Crippen molar-refractivity contribution in [3.8, 4) is 56.3 Å². The Kier molecular flexibility index (Phi) is 5.83. The van der Waals surface area contributed by atoms with Crippen LogP contribution in [0.25, 0.3) is 82.8 Å². The molecule has 0 N–H and O–H groups in total. The number of fused-ring (bicyclic) bond motifs is 10. The maximum atomic E-state index is 6.93. The van der Waals surface area contributed by atoms with Gasteiger partial charge in [-0.15, -0.1) is 0 Å². The van der Waals surface area contributed by atoms with Crippen LogP contribution in [0.2, 0.25) is 0 Å². The fourth-order valence-corrected chi connectivity index (χ4v) is 8.64. The van der Waals surface area contributed by atoms with Crippen molar-refractivity contribution in [2.75, 3.05) is 0 Å². The van der Waals surface area contributed by atoms with Crippen LogP contribution < -0.4 is 20.3 Å². The van der Waals surface area contributed by atoms with Gasteiger partial charge in [-0.2, -0.15) is 0 Å². The summed E-state index contributed by atoms with van der Waals surface area (Å²) in [6.07, 6.45) is 0. The molecule has 0 fully saturated rings. The lowest BCUT2D eigenvalue weighted by Crippen LogP contribution is -2.53. The first-order valence-corrected chi connectivity index (χ1v) is 18.0. The molecule has 2 aliphatic heterocycles. The quantitative estimate of drug-likeness (QED) is 0.175. The Hall–Kier alpha value is -6.98. The second-order valence-electron chi connectivity index (χ2n) is 14.0. The van der Waals surface area contributed by atoms with E-state index in [-0.39, 0.29) is 6.92 Å². The van der Waals surface area contributed by atoms with Crippen LogP contribution in [0.15, 0.2) is 174 Å². The van der Waals surface area contributed by atoms with Gasteiger partial charge >= 0.3 is 6.92 Å². The van der Waals surface area contributed by atoms with Gasteiger partial charge in [-0.1, -0.05) is 103 Å². The van der Waals surface area contributed by atoms with Gasteiger partial charge in [0.1, 0.15) is 28.4 Å². The lowest BCUT2D eigenvalue weighted by molar-refractivity contribution is 0.479. The van der Waals surface area contributed by atoms with Crippen molar-refractivity contribution in [3.63, 3.8) is 0 Å². The summed E-state index contributed by atoms with van der Waals surface area (Å²) in [5.41, 5.74) is 14.0. The number of benzene rings is 8. The van der Waals surface area contributed by atoms with Crippen LogP contribution in [-0.4, -0.2) is 11.5 Å². The maximum Gasteiger partial charge on any atom is 0.434 e. The molecule has 0 amide bonds. The van der Waals surface area contributed by atoms with Gasteiger partial charge < -0.3 is 18.4 Å². The summed E-state index contributed by atoms with van der Waals surface area (Å²) in [6, 6.07) is 60.0. The van der Waals surface area contributed by atoms with E-state index in [0.29, 0.717) is 0 Å². The minimum absolute atomic E-state index is 0.296. The number of ether oxygens (including phenoxy) is 1. The predicted octanol–water partition coefficient (Wildman–Crippen LogP) is 11.3. The SMILES string of the molecule is c1cc(-c2ccc3c(c2)B2Oc4ccc(-c5ccc6c(c5)oc5ccccc56)cc4-c4cccc(c42)O3)cc(-n2c3ccccc3c3ccccc32)c1. The zero-order chi connectivity index (χ0) is 34.6. The molecule has 0 aliphatic carbocycles. The van der Waals surface area contributed by atoms with Crippen molar-refractivity contribution < 1.29 is 13.8 Å². The van der Waals surface area contributed by atoms with Crippen LogP contribution in [0.3, 0.4) is 0 Å². The summed E-state index contributed by atoms with van der Waals surface area (Å²) in [4.78, 5) is 0. The Morgan fingerprint density at radius 1 is 0.415 bits per heavy atom. The highest BCUT2D eigenvalue weighted by molar-refractivity contribution is 6.84. The summed E-state index contributed by atoms with van der Waals surface area (Å²) in [5, 5.41) is 4.76. The highest BCUT2D eigenvalue weighted by atomic mass is 16.5. The standard InChI is InChI=1S/C48H28BNO3/c1-4-15-41-34(11-1)35-12-2-5-16-42(35)50(41)33-10-7-9-29(25-33)31-21-24-45-40(27-31)49-48-38(14-8-18-46(48)52-45)39-26-30(20-23-44(39)53-49)32-19-22-37-36-13-3-6-17-43(36)51-47(37)28-32/h1-28H. The lowest BCUT2D eigenvalue weighted by Gasteiger charge is -2.33. The van der Waals surface area contributed by atoms with E-state index in [1.807, 2.05) is 18.2 Å². The van der Waals surface area contributed by atoms with Gasteiger partial charge in [-0.25, -0.2) is 0 Å².